The van der Waals surface area contributed by atoms with Crippen molar-refractivity contribution >= 4 is 34.2 Å². The fourth-order valence-electron chi connectivity index (χ4n) is 6.50. The van der Waals surface area contributed by atoms with E-state index < -0.39 is 11.6 Å². The van der Waals surface area contributed by atoms with E-state index in [0.717, 1.165) is 80.2 Å². The smallest absolute Gasteiger partial charge is 0.278 e. The van der Waals surface area contributed by atoms with Gasteiger partial charge in [-0.25, -0.2) is 9.37 Å². The fourth-order valence-corrected chi connectivity index (χ4v) is 6.66. The van der Waals surface area contributed by atoms with Crippen molar-refractivity contribution in [3.63, 3.8) is 0 Å². The number of nitrogens with one attached hydrogen (secondary N) is 1. The lowest BCUT2D eigenvalue weighted by Crippen LogP contribution is -2.35. The zero-order valence-corrected chi connectivity index (χ0v) is 25.7. The van der Waals surface area contributed by atoms with Gasteiger partial charge >= 0.3 is 0 Å². The number of piperidine rings is 1. The second kappa shape index (κ2) is 11.7. The summed E-state index contributed by atoms with van der Waals surface area (Å²) >= 11 is 5.99. The molecule has 2 saturated heterocycles. The van der Waals surface area contributed by atoms with Crippen molar-refractivity contribution < 1.29 is 23.4 Å². The molecule has 0 spiro atoms. The van der Waals surface area contributed by atoms with Gasteiger partial charge in [-0.1, -0.05) is 30.7 Å². The van der Waals surface area contributed by atoms with Crippen molar-refractivity contribution in [3.05, 3.63) is 82.4 Å². The van der Waals surface area contributed by atoms with Crippen LogP contribution in [0.15, 0.2) is 54.6 Å². The van der Waals surface area contributed by atoms with Gasteiger partial charge < -0.3 is 24.1 Å². The van der Waals surface area contributed by atoms with E-state index in [1.54, 1.807) is 19.1 Å². The summed E-state index contributed by atoms with van der Waals surface area (Å²) in [7, 11) is 0. The summed E-state index contributed by atoms with van der Waals surface area (Å²) in [5, 5.41) is 3.28. The molecule has 1 N–H and O–H groups in total. The van der Waals surface area contributed by atoms with E-state index in [1.165, 1.54) is 6.07 Å². The minimum atomic E-state index is -1.27. The zero-order valence-electron chi connectivity index (χ0n) is 24.9. The molecule has 0 bridgehead atoms. The monoisotopic (exact) mass is 618 g/mol. The lowest BCUT2D eigenvalue weighted by atomic mass is 9.88. The van der Waals surface area contributed by atoms with Gasteiger partial charge in [0.1, 0.15) is 11.6 Å². The predicted octanol–water partition coefficient (Wildman–Crippen LogP) is 6.99. The molecule has 0 aliphatic carbocycles. The largest absolute Gasteiger partial charge is 0.444 e. The normalized spacial score (nSPS) is 21.9. The maximum Gasteiger partial charge on any atom is 0.278 e. The molecule has 1 amide bonds. The Morgan fingerprint density at radius 3 is 2.66 bits per heavy atom. The van der Waals surface area contributed by atoms with Crippen LogP contribution in [0.1, 0.15) is 62.4 Å². The first-order valence-corrected chi connectivity index (χ1v) is 15.8. The molecule has 8 nitrogen and oxygen atoms in total. The highest BCUT2D eigenvalue weighted by molar-refractivity contribution is 6.30. The molecule has 3 aliphatic rings. The van der Waals surface area contributed by atoms with Gasteiger partial charge in [0.25, 0.3) is 5.79 Å². The number of carbonyl (C=O) groups excluding carboxylic acids is 1. The Morgan fingerprint density at radius 1 is 1.11 bits per heavy atom. The Labute approximate surface area is 261 Å². The van der Waals surface area contributed by atoms with Crippen LogP contribution in [0.4, 0.5) is 10.1 Å². The Hall–Kier alpha value is -3.66. The van der Waals surface area contributed by atoms with Gasteiger partial charge in [0.05, 0.1) is 35.8 Å². The number of carbonyl (C=O) groups is 1. The van der Waals surface area contributed by atoms with Gasteiger partial charge in [-0.15, -0.1) is 0 Å². The number of fused-ring (bicyclic) bond motifs is 2. The number of para-hydroxylation sites is 1. The van der Waals surface area contributed by atoms with Crippen LogP contribution in [0.25, 0.3) is 11.0 Å². The van der Waals surface area contributed by atoms with E-state index in [-0.39, 0.29) is 17.9 Å². The molecule has 10 heteroatoms. The van der Waals surface area contributed by atoms with Crippen LogP contribution in [-0.2, 0) is 28.4 Å². The third-order valence-corrected chi connectivity index (χ3v) is 9.27. The van der Waals surface area contributed by atoms with Crippen molar-refractivity contribution in [3.8, 4) is 11.5 Å². The molecular formula is C34H36ClFN4O4. The van der Waals surface area contributed by atoms with Gasteiger partial charge in [0.15, 0.2) is 11.5 Å². The summed E-state index contributed by atoms with van der Waals surface area (Å²) in [5.74, 6) is 0.868. The summed E-state index contributed by atoms with van der Waals surface area (Å²) in [6, 6.07) is 16.5. The van der Waals surface area contributed by atoms with E-state index in [1.807, 2.05) is 37.3 Å². The summed E-state index contributed by atoms with van der Waals surface area (Å²) in [5.41, 5.74) is 4.10. The number of hydrogen-bond donors (Lipinski definition) is 1. The van der Waals surface area contributed by atoms with Crippen molar-refractivity contribution in [2.75, 3.05) is 25.0 Å². The van der Waals surface area contributed by atoms with Crippen molar-refractivity contribution in [2.45, 2.75) is 70.4 Å². The average Bonchev–Trinajstić information content (AvgIpc) is 3.51. The molecule has 3 aromatic carbocycles. The van der Waals surface area contributed by atoms with Gasteiger partial charge in [-0.2, -0.15) is 0 Å². The molecular weight excluding hydrogens is 583 g/mol. The highest BCUT2D eigenvalue weighted by atomic mass is 35.5. The number of imidazole rings is 1. The summed E-state index contributed by atoms with van der Waals surface area (Å²) in [6.07, 6.45) is 3.57. The van der Waals surface area contributed by atoms with Crippen LogP contribution < -0.4 is 14.8 Å². The summed E-state index contributed by atoms with van der Waals surface area (Å²) < 4.78 is 35.5. The summed E-state index contributed by atoms with van der Waals surface area (Å²) in [4.78, 5) is 19.4. The molecule has 3 aliphatic heterocycles. The average molecular weight is 619 g/mol. The van der Waals surface area contributed by atoms with E-state index in [0.29, 0.717) is 28.5 Å². The number of anilines is 1. The van der Waals surface area contributed by atoms with Gasteiger partial charge in [-0.3, -0.25) is 9.69 Å². The maximum absolute atomic E-state index is 14.8. The molecule has 0 radical (unpaired) electrons. The number of ether oxygens (including phenoxy) is 3. The number of aromatic nitrogens is 2. The van der Waals surface area contributed by atoms with Crippen LogP contribution in [0.5, 0.6) is 11.5 Å². The maximum atomic E-state index is 14.8. The first-order valence-electron chi connectivity index (χ1n) is 15.4. The van der Waals surface area contributed by atoms with Gasteiger partial charge in [-0.05, 0) is 80.7 Å². The number of hydrogen-bond acceptors (Lipinski definition) is 6. The van der Waals surface area contributed by atoms with Crippen LogP contribution >= 0.6 is 11.6 Å². The number of benzene rings is 3. The Kier molecular flexibility index (Phi) is 7.72. The molecule has 44 heavy (non-hydrogen) atoms. The molecule has 0 saturated carbocycles. The molecule has 2 unspecified atom stereocenters. The van der Waals surface area contributed by atoms with Crippen molar-refractivity contribution in [2.24, 2.45) is 0 Å². The van der Waals surface area contributed by atoms with Crippen molar-refractivity contribution in [1.82, 2.24) is 14.5 Å². The quantitative estimate of drug-likeness (QED) is 0.229. The number of nitrogens with zero attached hydrogens (tertiary/aromatic N) is 3. The van der Waals surface area contributed by atoms with Crippen LogP contribution in [0.2, 0.25) is 5.02 Å². The molecule has 1 aromatic heterocycles. The molecule has 2 atom stereocenters. The van der Waals surface area contributed by atoms with Crippen LogP contribution in [0.3, 0.4) is 0 Å². The fraction of sp³-hybridized carbons (Fsp3) is 0.412. The Balaban J connectivity index is 1.07. The van der Waals surface area contributed by atoms with E-state index in [4.69, 9.17) is 30.8 Å². The second-order valence-corrected chi connectivity index (χ2v) is 12.5. The minimum absolute atomic E-state index is 0.0162. The molecule has 230 valence electrons. The molecule has 2 fully saturated rings. The third-order valence-electron chi connectivity index (χ3n) is 9.04. The summed E-state index contributed by atoms with van der Waals surface area (Å²) in [6.45, 7) is 7.69. The number of halogens is 2. The first kappa shape index (κ1) is 29.1. The number of amides is 1. The standard InChI is InChI=1S/C34H36ClFN4O4/c1-3-32(41)37-23-8-10-29-28(18-23)38-31(40(29)19-24-13-16-42-24)20-39-14-11-21(12-15-39)25-5-4-6-30-33(25)44-34(2,43-30)26-9-7-22(35)17-27(26)36/h4-10,17-18,21,24H,3,11-16,19-20H2,1-2H3,(H,37,41). The van der Waals surface area contributed by atoms with Gasteiger partial charge in [0.2, 0.25) is 5.91 Å². The molecule has 4 heterocycles. The van der Waals surface area contributed by atoms with E-state index in [2.05, 4.69) is 20.9 Å². The van der Waals surface area contributed by atoms with Crippen LogP contribution in [-0.4, -0.2) is 46.2 Å². The van der Waals surface area contributed by atoms with Gasteiger partial charge in [0, 0.05) is 36.2 Å². The Bertz CT molecular complexity index is 1720. The molecule has 7 rings (SSSR count). The van der Waals surface area contributed by atoms with E-state index in [9.17, 15) is 9.18 Å². The number of rotatable bonds is 8. The van der Waals surface area contributed by atoms with Crippen molar-refractivity contribution in [1.29, 1.82) is 0 Å². The Morgan fingerprint density at radius 2 is 1.93 bits per heavy atom. The first-order chi connectivity index (χ1) is 21.3. The zero-order chi connectivity index (χ0) is 30.4. The third kappa shape index (κ3) is 5.53. The lowest BCUT2D eigenvalue weighted by molar-refractivity contribution is -0.115. The van der Waals surface area contributed by atoms with Crippen LogP contribution in [0, 0.1) is 5.82 Å². The lowest BCUT2D eigenvalue weighted by Gasteiger charge is -2.33. The second-order valence-electron chi connectivity index (χ2n) is 12.0. The minimum Gasteiger partial charge on any atom is -0.444 e. The highest BCUT2D eigenvalue weighted by Gasteiger charge is 2.43. The molecule has 4 aromatic rings. The number of likely N-dealkylation sites (tertiary alicyclic amines) is 1. The highest BCUT2D eigenvalue weighted by Crippen LogP contribution is 2.50. The topological polar surface area (TPSA) is 77.9 Å². The SMILES string of the molecule is CCC(=O)Nc1ccc2c(c1)nc(CN1CCC(c3cccc4c3OC(C)(c3ccc(Cl)cc3F)O4)CC1)n2CC1CCO1. The predicted molar refractivity (Wildman–Crippen MR) is 167 cm³/mol. The van der Waals surface area contributed by atoms with E-state index >= 15 is 0 Å².